The summed E-state index contributed by atoms with van der Waals surface area (Å²) in [6.07, 6.45) is 3.60. The van der Waals surface area contributed by atoms with Gasteiger partial charge < -0.3 is 4.98 Å². The fraction of sp³-hybridized carbons (Fsp3) is 0.0435. The van der Waals surface area contributed by atoms with Crippen LogP contribution in [0.1, 0.15) is 0 Å². The Balaban J connectivity index is 0.000000250. The number of hydrogen-bond acceptors (Lipinski definition) is 4. The van der Waals surface area contributed by atoms with E-state index in [9.17, 15) is 13.2 Å². The molecule has 10 heteroatoms. The van der Waals surface area contributed by atoms with Gasteiger partial charge in [0.25, 0.3) is 0 Å². The normalized spacial score (nSPS) is 10.4. The van der Waals surface area contributed by atoms with Crippen molar-refractivity contribution in [1.29, 1.82) is 0 Å². The summed E-state index contributed by atoms with van der Waals surface area (Å²) in [5.74, 6) is 0. The van der Waals surface area contributed by atoms with Crippen molar-refractivity contribution in [2.75, 3.05) is 0 Å². The molecule has 0 unspecified atom stereocenters. The van der Waals surface area contributed by atoms with Crippen molar-refractivity contribution >= 4 is 10.1 Å². The first-order valence-electron chi connectivity index (χ1n) is 9.07. The number of rotatable bonds is 2. The molecule has 2 heterocycles. The molecule has 2 aromatic carbocycles. The van der Waals surface area contributed by atoms with Crippen LogP contribution in [0.2, 0.25) is 0 Å². The SMILES string of the molecule is O=S(=O)(O)C(F)(F)F.[Ir].[c-]1ccccc1-c1ccccn1.c1ccc(-c2ccccn2)cc1. The first kappa shape index (κ1) is 28.1. The summed E-state index contributed by atoms with van der Waals surface area (Å²) in [4.78, 5) is 8.47. The number of nitrogens with zero attached hydrogens (tertiary/aromatic N) is 2. The largest absolute Gasteiger partial charge is 0.522 e. The third-order valence-electron chi connectivity index (χ3n) is 3.68. The number of halogens is 3. The van der Waals surface area contributed by atoms with E-state index in [1.807, 2.05) is 85.1 Å². The molecule has 4 aromatic rings. The molecule has 0 aliphatic heterocycles. The van der Waals surface area contributed by atoms with Crippen LogP contribution in [0.5, 0.6) is 0 Å². The van der Waals surface area contributed by atoms with Crippen molar-refractivity contribution in [2.45, 2.75) is 5.51 Å². The molecule has 0 saturated carbocycles. The minimum Gasteiger partial charge on any atom is -0.305 e. The molecule has 0 aliphatic carbocycles. The smallest absolute Gasteiger partial charge is 0.305 e. The van der Waals surface area contributed by atoms with E-state index >= 15 is 0 Å². The molecule has 0 amide bonds. The summed E-state index contributed by atoms with van der Waals surface area (Å²) in [6.45, 7) is 0. The topological polar surface area (TPSA) is 80.2 Å². The van der Waals surface area contributed by atoms with Crippen LogP contribution in [0.15, 0.2) is 103 Å². The molecule has 0 spiro atoms. The first-order chi connectivity index (χ1) is 15.2. The van der Waals surface area contributed by atoms with E-state index in [1.54, 1.807) is 6.20 Å². The van der Waals surface area contributed by atoms with E-state index in [0.717, 1.165) is 22.5 Å². The van der Waals surface area contributed by atoms with Gasteiger partial charge in [-0.3, -0.25) is 9.54 Å². The zero-order valence-electron chi connectivity index (χ0n) is 16.8. The average Bonchev–Trinajstić information content (AvgIpc) is 2.81. The van der Waals surface area contributed by atoms with Crippen LogP contribution in [-0.2, 0) is 30.2 Å². The third-order valence-corrected chi connectivity index (χ3v) is 4.26. The van der Waals surface area contributed by atoms with Crippen LogP contribution < -0.4 is 0 Å². The van der Waals surface area contributed by atoms with Gasteiger partial charge in [-0.15, -0.1) is 35.9 Å². The number of hydrogen-bond donors (Lipinski definition) is 1. The van der Waals surface area contributed by atoms with E-state index in [2.05, 4.69) is 28.2 Å². The Morgan fingerprint density at radius 1 is 0.727 bits per heavy atom. The first-order valence-corrected chi connectivity index (χ1v) is 10.5. The Labute approximate surface area is 203 Å². The van der Waals surface area contributed by atoms with E-state index in [0.29, 0.717) is 0 Å². The van der Waals surface area contributed by atoms with Crippen LogP contribution in [0.25, 0.3) is 22.5 Å². The second-order valence-electron chi connectivity index (χ2n) is 5.99. The molecule has 5 nitrogen and oxygen atoms in total. The van der Waals surface area contributed by atoms with Crippen LogP contribution in [0.4, 0.5) is 13.2 Å². The minimum atomic E-state index is -5.84. The standard InChI is InChI=1S/C11H9N.C11H8N.CHF3O3S.Ir/c2*1-2-6-10(7-3-1)11-8-4-5-9-12-11;2-1(3,4)8(5,6)7;/h1-9H;1-6,8-9H;(H,5,6,7);/q;-1;;. The maximum absolute atomic E-state index is 10.7. The maximum atomic E-state index is 10.7. The summed E-state index contributed by atoms with van der Waals surface area (Å²) in [6, 6.07) is 32.9. The molecule has 0 aliphatic rings. The molecule has 1 radical (unpaired) electrons. The van der Waals surface area contributed by atoms with Crippen LogP contribution in [0.3, 0.4) is 0 Å². The summed E-state index contributed by atoms with van der Waals surface area (Å²) < 4.78 is 57.5. The van der Waals surface area contributed by atoms with Gasteiger partial charge in [-0.05, 0) is 23.9 Å². The molecular formula is C23H18F3IrN2O3S-. The second kappa shape index (κ2) is 13.6. The number of pyridine rings is 2. The second-order valence-corrected chi connectivity index (χ2v) is 7.41. The number of aromatic nitrogens is 2. The van der Waals surface area contributed by atoms with Crippen molar-refractivity contribution in [1.82, 2.24) is 9.97 Å². The molecule has 2 aromatic heterocycles. The average molecular weight is 652 g/mol. The van der Waals surface area contributed by atoms with Gasteiger partial charge in [0, 0.05) is 38.1 Å². The molecule has 0 atom stereocenters. The van der Waals surface area contributed by atoms with Gasteiger partial charge in [-0.1, -0.05) is 48.5 Å². The Hall–Kier alpha value is -2.91. The van der Waals surface area contributed by atoms with Crippen LogP contribution in [0, 0.1) is 6.07 Å². The fourth-order valence-corrected chi connectivity index (χ4v) is 2.22. The molecule has 0 saturated heterocycles. The van der Waals surface area contributed by atoms with Crippen LogP contribution in [-0.4, -0.2) is 28.4 Å². The Bertz CT molecular complexity index is 1020. The fourth-order valence-electron chi connectivity index (χ4n) is 2.22. The van der Waals surface area contributed by atoms with Crippen LogP contribution >= 0.6 is 0 Å². The maximum Gasteiger partial charge on any atom is 0.522 e. The van der Waals surface area contributed by atoms with Gasteiger partial charge in [0.05, 0.1) is 5.69 Å². The van der Waals surface area contributed by atoms with Crippen molar-refractivity contribution in [2.24, 2.45) is 0 Å². The summed E-state index contributed by atoms with van der Waals surface area (Å²) >= 11 is 0. The van der Waals surface area contributed by atoms with Gasteiger partial charge in [0.2, 0.25) is 0 Å². The van der Waals surface area contributed by atoms with E-state index < -0.39 is 15.6 Å². The molecule has 4 rings (SSSR count). The van der Waals surface area contributed by atoms with E-state index in [-0.39, 0.29) is 20.1 Å². The molecule has 33 heavy (non-hydrogen) atoms. The third kappa shape index (κ3) is 10.0. The van der Waals surface area contributed by atoms with Crippen molar-refractivity contribution in [3.05, 3.63) is 109 Å². The molecule has 1 N–H and O–H groups in total. The predicted octanol–water partition coefficient (Wildman–Crippen LogP) is 5.69. The Kier molecular flexibility index (Phi) is 11.6. The molecule has 0 fully saturated rings. The molecular weight excluding hydrogens is 634 g/mol. The van der Waals surface area contributed by atoms with Gasteiger partial charge in [-0.25, -0.2) is 0 Å². The van der Waals surface area contributed by atoms with E-state index in [1.165, 1.54) is 0 Å². The Morgan fingerprint density at radius 3 is 1.64 bits per heavy atom. The van der Waals surface area contributed by atoms with Gasteiger partial charge in [0.1, 0.15) is 0 Å². The van der Waals surface area contributed by atoms with Crippen molar-refractivity contribution in [3.8, 4) is 22.5 Å². The summed E-state index contributed by atoms with van der Waals surface area (Å²) in [5, 5.41) is 0. The quantitative estimate of drug-likeness (QED) is 0.171. The van der Waals surface area contributed by atoms with Gasteiger partial charge >= 0.3 is 15.6 Å². The van der Waals surface area contributed by atoms with Gasteiger partial charge in [-0.2, -0.15) is 21.6 Å². The van der Waals surface area contributed by atoms with E-state index in [4.69, 9.17) is 13.0 Å². The predicted molar refractivity (Wildman–Crippen MR) is 116 cm³/mol. The number of alkyl halides is 3. The Morgan fingerprint density at radius 2 is 1.21 bits per heavy atom. The summed E-state index contributed by atoms with van der Waals surface area (Å²) in [7, 11) is -5.84. The minimum absolute atomic E-state index is 0. The zero-order valence-corrected chi connectivity index (χ0v) is 20.1. The zero-order chi connectivity index (χ0) is 23.5. The van der Waals surface area contributed by atoms with Crippen molar-refractivity contribution < 1.29 is 46.2 Å². The molecule has 0 bridgehead atoms. The monoisotopic (exact) mass is 652 g/mol. The van der Waals surface area contributed by atoms with Gasteiger partial charge in [0.15, 0.2) is 0 Å². The summed E-state index contributed by atoms with van der Waals surface area (Å²) in [5.41, 5.74) is -1.33. The molecule has 175 valence electrons. The number of benzene rings is 2. The van der Waals surface area contributed by atoms with Crippen molar-refractivity contribution in [3.63, 3.8) is 0 Å².